The number of rotatable bonds is 4. The maximum Gasteiger partial charge on any atom is 0.0406 e. The van der Waals surface area contributed by atoms with E-state index in [9.17, 15) is 0 Å². The van der Waals surface area contributed by atoms with Crippen LogP contribution in [-0.2, 0) is 13.1 Å². The van der Waals surface area contributed by atoms with Crippen LogP contribution in [-0.4, -0.2) is 0 Å². The minimum Gasteiger partial charge on any atom is -0.308 e. The molecule has 1 heterocycles. The van der Waals surface area contributed by atoms with Gasteiger partial charge in [0.05, 0.1) is 0 Å². The zero-order chi connectivity index (χ0) is 11.4. The van der Waals surface area contributed by atoms with Crippen LogP contribution in [0.4, 0.5) is 0 Å². The monoisotopic (exact) mass is 251 g/mol. The normalized spacial score (nSPS) is 10.6. The lowest BCUT2D eigenvalue weighted by Crippen LogP contribution is -2.12. The summed E-state index contributed by atoms with van der Waals surface area (Å²) in [6.45, 7) is 3.97. The molecule has 1 aromatic carbocycles. The first-order chi connectivity index (χ1) is 7.75. The van der Waals surface area contributed by atoms with Crippen LogP contribution < -0.4 is 5.32 Å². The third-order valence-electron chi connectivity index (χ3n) is 2.50. The molecule has 1 N–H and O–H groups in total. The van der Waals surface area contributed by atoms with E-state index in [-0.39, 0.29) is 0 Å². The molecule has 0 saturated carbocycles. The van der Waals surface area contributed by atoms with Gasteiger partial charge >= 0.3 is 0 Å². The van der Waals surface area contributed by atoms with Crippen LogP contribution in [0.15, 0.2) is 35.7 Å². The van der Waals surface area contributed by atoms with E-state index in [1.165, 1.54) is 16.0 Å². The van der Waals surface area contributed by atoms with E-state index in [1.807, 2.05) is 12.1 Å². The van der Waals surface area contributed by atoms with Gasteiger partial charge in [-0.05, 0) is 41.6 Å². The largest absolute Gasteiger partial charge is 0.308 e. The third kappa shape index (κ3) is 3.08. The highest BCUT2D eigenvalue weighted by Gasteiger charge is 1.99. The van der Waals surface area contributed by atoms with Gasteiger partial charge in [-0.2, -0.15) is 0 Å². The fraction of sp³-hybridized carbons (Fsp3) is 0.231. The molecule has 1 aromatic heterocycles. The van der Waals surface area contributed by atoms with Crippen molar-refractivity contribution < 1.29 is 0 Å². The summed E-state index contributed by atoms with van der Waals surface area (Å²) in [6.07, 6.45) is 0. The summed E-state index contributed by atoms with van der Waals surface area (Å²) in [4.78, 5) is 1.41. The van der Waals surface area contributed by atoms with E-state index in [0.29, 0.717) is 0 Å². The highest BCUT2D eigenvalue weighted by atomic mass is 35.5. The topological polar surface area (TPSA) is 12.0 Å². The van der Waals surface area contributed by atoms with E-state index >= 15 is 0 Å². The zero-order valence-electron chi connectivity index (χ0n) is 9.16. The van der Waals surface area contributed by atoms with Crippen LogP contribution in [0.1, 0.15) is 16.0 Å². The number of halogens is 1. The van der Waals surface area contributed by atoms with Gasteiger partial charge in [0.25, 0.3) is 0 Å². The summed E-state index contributed by atoms with van der Waals surface area (Å²) in [5.41, 5.74) is 2.63. The van der Waals surface area contributed by atoms with Crippen molar-refractivity contribution >= 4 is 22.9 Å². The number of nitrogens with one attached hydrogen (secondary N) is 1. The van der Waals surface area contributed by atoms with Gasteiger partial charge in [0.2, 0.25) is 0 Å². The van der Waals surface area contributed by atoms with Crippen LogP contribution in [0, 0.1) is 6.92 Å². The van der Waals surface area contributed by atoms with Gasteiger partial charge in [-0.15, -0.1) is 11.3 Å². The molecule has 2 rings (SSSR count). The molecule has 0 fully saturated rings. The molecule has 0 aliphatic heterocycles. The first kappa shape index (κ1) is 11.6. The standard InChI is InChI=1S/C13H14ClNS/c1-10-6-7-16-13(10)9-15-8-11-2-4-12(14)5-3-11/h2-7,15H,8-9H2,1H3. The number of hydrogen-bond acceptors (Lipinski definition) is 2. The van der Waals surface area contributed by atoms with Gasteiger partial charge in [0.15, 0.2) is 0 Å². The lowest BCUT2D eigenvalue weighted by Gasteiger charge is -2.04. The molecule has 2 aromatic rings. The quantitative estimate of drug-likeness (QED) is 0.866. The van der Waals surface area contributed by atoms with E-state index in [0.717, 1.165) is 18.1 Å². The van der Waals surface area contributed by atoms with E-state index in [2.05, 4.69) is 35.8 Å². The number of thiophene rings is 1. The second-order valence-electron chi connectivity index (χ2n) is 3.76. The Morgan fingerprint density at radius 2 is 1.88 bits per heavy atom. The highest BCUT2D eigenvalue weighted by molar-refractivity contribution is 7.10. The maximum atomic E-state index is 5.83. The predicted molar refractivity (Wildman–Crippen MR) is 71.1 cm³/mol. The fourth-order valence-corrected chi connectivity index (χ4v) is 2.51. The Bertz CT molecular complexity index is 447. The van der Waals surface area contributed by atoms with Crippen molar-refractivity contribution in [2.75, 3.05) is 0 Å². The summed E-state index contributed by atoms with van der Waals surface area (Å²) in [7, 11) is 0. The zero-order valence-corrected chi connectivity index (χ0v) is 10.7. The number of hydrogen-bond donors (Lipinski definition) is 1. The summed E-state index contributed by atoms with van der Waals surface area (Å²) < 4.78 is 0. The lowest BCUT2D eigenvalue weighted by atomic mass is 10.2. The molecule has 0 amide bonds. The molecule has 0 saturated heterocycles. The van der Waals surface area contributed by atoms with Gasteiger partial charge in [-0.3, -0.25) is 0 Å². The van der Waals surface area contributed by atoms with E-state index < -0.39 is 0 Å². The molecule has 3 heteroatoms. The van der Waals surface area contributed by atoms with Crippen LogP contribution in [0.2, 0.25) is 5.02 Å². The van der Waals surface area contributed by atoms with Crippen LogP contribution in [0.25, 0.3) is 0 Å². The Labute approximate surface area is 105 Å². The minimum absolute atomic E-state index is 0.790. The highest BCUT2D eigenvalue weighted by Crippen LogP contribution is 2.15. The summed E-state index contributed by atoms with van der Waals surface area (Å²) in [6, 6.07) is 10.1. The van der Waals surface area contributed by atoms with E-state index in [4.69, 9.17) is 11.6 Å². The van der Waals surface area contributed by atoms with Crippen molar-refractivity contribution in [1.82, 2.24) is 5.32 Å². The number of aryl methyl sites for hydroxylation is 1. The molecule has 0 aliphatic rings. The van der Waals surface area contributed by atoms with Crippen molar-refractivity contribution in [3.8, 4) is 0 Å². The van der Waals surface area contributed by atoms with Crippen LogP contribution in [0.5, 0.6) is 0 Å². The van der Waals surface area contributed by atoms with Crippen molar-refractivity contribution in [3.63, 3.8) is 0 Å². The molecule has 1 nitrogen and oxygen atoms in total. The summed E-state index contributed by atoms with van der Waals surface area (Å²) >= 11 is 7.63. The molecule has 0 bridgehead atoms. The molecule has 84 valence electrons. The van der Waals surface area contributed by atoms with Crippen LogP contribution >= 0.6 is 22.9 Å². The van der Waals surface area contributed by atoms with Gasteiger partial charge < -0.3 is 5.32 Å². The minimum atomic E-state index is 0.790. The molecule has 0 atom stereocenters. The van der Waals surface area contributed by atoms with Gasteiger partial charge in [0.1, 0.15) is 0 Å². The Balaban J connectivity index is 1.84. The molecule has 0 unspecified atom stereocenters. The van der Waals surface area contributed by atoms with Crippen LogP contribution in [0.3, 0.4) is 0 Å². The molecular formula is C13H14ClNS. The van der Waals surface area contributed by atoms with Crippen molar-refractivity contribution in [1.29, 1.82) is 0 Å². The predicted octanol–water partition coefficient (Wildman–Crippen LogP) is 4.00. The van der Waals surface area contributed by atoms with Crippen molar-refractivity contribution in [2.24, 2.45) is 0 Å². The average Bonchev–Trinajstić information content (AvgIpc) is 2.68. The smallest absolute Gasteiger partial charge is 0.0406 e. The summed E-state index contributed by atoms with van der Waals surface area (Å²) in [5.74, 6) is 0. The maximum absolute atomic E-state index is 5.83. The average molecular weight is 252 g/mol. The molecule has 0 spiro atoms. The molecule has 16 heavy (non-hydrogen) atoms. The third-order valence-corrected chi connectivity index (χ3v) is 3.77. The molecular weight excluding hydrogens is 238 g/mol. The molecule has 0 radical (unpaired) electrons. The van der Waals surface area contributed by atoms with Gasteiger partial charge in [-0.1, -0.05) is 23.7 Å². The lowest BCUT2D eigenvalue weighted by molar-refractivity contribution is 0.699. The van der Waals surface area contributed by atoms with E-state index in [1.54, 1.807) is 11.3 Å². The Kier molecular flexibility index (Phi) is 3.99. The SMILES string of the molecule is Cc1ccsc1CNCc1ccc(Cl)cc1. The Morgan fingerprint density at radius 3 is 2.50 bits per heavy atom. The Morgan fingerprint density at radius 1 is 1.12 bits per heavy atom. The first-order valence-corrected chi connectivity index (χ1v) is 6.49. The Hall–Kier alpha value is -0.830. The van der Waals surface area contributed by atoms with Gasteiger partial charge in [0, 0.05) is 23.0 Å². The van der Waals surface area contributed by atoms with Crippen molar-refractivity contribution in [2.45, 2.75) is 20.0 Å². The second-order valence-corrected chi connectivity index (χ2v) is 5.19. The number of benzene rings is 1. The van der Waals surface area contributed by atoms with Crippen molar-refractivity contribution in [3.05, 3.63) is 56.7 Å². The second kappa shape index (κ2) is 5.48. The fourth-order valence-electron chi connectivity index (χ4n) is 1.51. The summed E-state index contributed by atoms with van der Waals surface area (Å²) in [5, 5.41) is 6.35. The first-order valence-electron chi connectivity index (χ1n) is 5.24. The van der Waals surface area contributed by atoms with Gasteiger partial charge in [-0.25, -0.2) is 0 Å². The molecule has 0 aliphatic carbocycles.